The lowest BCUT2D eigenvalue weighted by Gasteiger charge is -2.15. The van der Waals surface area contributed by atoms with Crippen LogP contribution in [0.1, 0.15) is 66.9 Å². The molecule has 0 saturated heterocycles. The van der Waals surface area contributed by atoms with Crippen LogP contribution in [0.3, 0.4) is 0 Å². The minimum atomic E-state index is -2.46. The molecule has 9 heteroatoms. The number of aliphatic hydroxyl groups is 1. The Morgan fingerprint density at radius 3 is 2.73 bits per heavy atom. The molecule has 5 rings (SSSR count). The van der Waals surface area contributed by atoms with E-state index in [0.717, 1.165) is 90.6 Å². The number of hydrogen-bond donors (Lipinski definition) is 3. The first kappa shape index (κ1) is 20.1. The van der Waals surface area contributed by atoms with Crippen LogP contribution < -0.4 is 5.32 Å². The number of fused-ring (bicyclic) bond motifs is 3. The number of amides is 2. The second kappa shape index (κ2) is 6.83. The molecule has 3 aliphatic rings. The number of halogens is 1. The first-order valence-electron chi connectivity index (χ1n) is 10.3. The Labute approximate surface area is 180 Å². The zero-order valence-electron chi connectivity index (χ0n) is 16.9. The average molecular weight is 450 g/mol. The van der Waals surface area contributed by atoms with Crippen molar-refractivity contribution in [3.05, 3.63) is 39.3 Å². The van der Waals surface area contributed by atoms with E-state index >= 15 is 0 Å². The SMILES string of the molecule is CC(C)(O)c1sc(/[SH](=O)=N/C(=O)Nc2c3c(nc4c2CCC42CC2)CCC3)cc1F. The van der Waals surface area contributed by atoms with E-state index in [-0.39, 0.29) is 14.5 Å². The lowest BCUT2D eigenvalue weighted by molar-refractivity contribution is 0.0789. The van der Waals surface area contributed by atoms with E-state index in [1.54, 1.807) is 0 Å². The zero-order valence-corrected chi connectivity index (χ0v) is 18.6. The minimum absolute atomic E-state index is 0.0796. The first-order chi connectivity index (χ1) is 14.2. The second-order valence-corrected chi connectivity index (χ2v) is 11.6. The molecule has 2 amide bonds. The van der Waals surface area contributed by atoms with Crippen LogP contribution >= 0.6 is 11.3 Å². The summed E-state index contributed by atoms with van der Waals surface area (Å²) in [6.45, 7) is 2.92. The van der Waals surface area contributed by atoms with Crippen molar-refractivity contribution < 1.29 is 18.5 Å². The topological polar surface area (TPSA) is 91.6 Å². The molecule has 0 aliphatic heterocycles. The number of thiophene rings is 1. The van der Waals surface area contributed by atoms with E-state index in [2.05, 4.69) is 9.68 Å². The van der Waals surface area contributed by atoms with Crippen LogP contribution in [-0.2, 0) is 40.9 Å². The Hall–Kier alpha value is -1.84. The molecule has 2 aromatic heterocycles. The van der Waals surface area contributed by atoms with E-state index < -0.39 is 28.0 Å². The molecule has 1 fully saturated rings. The number of nitrogens with zero attached hydrogens (tertiary/aromatic N) is 2. The zero-order chi connectivity index (χ0) is 21.3. The maximum Gasteiger partial charge on any atom is 0.353 e. The van der Waals surface area contributed by atoms with Gasteiger partial charge < -0.3 is 10.4 Å². The standard InChI is InChI=1S/C21H24FN3O3S2/c1-20(2,27)18-13(22)10-15(29-18)30(28)25-19(26)24-16-11-4-3-5-14(11)23-17-12(16)6-7-21(17)8-9-21/h10,27,30H,3-9H2,1-2H3,(H,23,24,26). The highest BCUT2D eigenvalue weighted by atomic mass is 32.2. The highest BCUT2D eigenvalue weighted by Gasteiger charge is 2.51. The molecule has 0 radical (unpaired) electrons. The van der Waals surface area contributed by atoms with Crippen molar-refractivity contribution in [3.8, 4) is 0 Å². The summed E-state index contributed by atoms with van der Waals surface area (Å²) in [6.07, 6.45) is 7.08. The van der Waals surface area contributed by atoms with Crippen molar-refractivity contribution in [1.29, 1.82) is 0 Å². The molecule has 2 N–H and O–H groups in total. The minimum Gasteiger partial charge on any atom is -0.385 e. The van der Waals surface area contributed by atoms with Gasteiger partial charge in [-0.3, -0.25) is 4.98 Å². The van der Waals surface area contributed by atoms with Gasteiger partial charge in [-0.05, 0) is 69.9 Å². The summed E-state index contributed by atoms with van der Waals surface area (Å²) in [5, 5.41) is 12.9. The molecule has 30 heavy (non-hydrogen) atoms. The van der Waals surface area contributed by atoms with Crippen LogP contribution in [0.4, 0.5) is 14.9 Å². The van der Waals surface area contributed by atoms with E-state index in [1.165, 1.54) is 13.8 Å². The summed E-state index contributed by atoms with van der Waals surface area (Å²) in [7, 11) is -2.46. The number of pyridine rings is 1. The molecule has 160 valence electrons. The molecule has 1 atom stereocenters. The Bertz CT molecular complexity index is 1160. The number of nitrogens with one attached hydrogen (secondary N) is 1. The maximum absolute atomic E-state index is 14.1. The van der Waals surface area contributed by atoms with Gasteiger partial charge in [0, 0.05) is 17.2 Å². The Morgan fingerprint density at radius 2 is 2.07 bits per heavy atom. The van der Waals surface area contributed by atoms with Crippen molar-refractivity contribution in [1.82, 2.24) is 4.98 Å². The van der Waals surface area contributed by atoms with Crippen LogP contribution in [0.2, 0.25) is 0 Å². The van der Waals surface area contributed by atoms with Gasteiger partial charge >= 0.3 is 6.03 Å². The number of anilines is 1. The summed E-state index contributed by atoms with van der Waals surface area (Å²) in [4.78, 5) is 17.7. The smallest absolute Gasteiger partial charge is 0.353 e. The Morgan fingerprint density at radius 1 is 1.30 bits per heavy atom. The van der Waals surface area contributed by atoms with Crippen molar-refractivity contribution in [2.75, 3.05) is 5.32 Å². The fourth-order valence-electron chi connectivity index (χ4n) is 4.71. The lowest BCUT2D eigenvalue weighted by atomic mass is 10.0. The summed E-state index contributed by atoms with van der Waals surface area (Å²) in [5.41, 5.74) is 4.02. The lowest BCUT2D eigenvalue weighted by Crippen LogP contribution is -2.14. The highest BCUT2D eigenvalue weighted by molar-refractivity contribution is 7.78. The van der Waals surface area contributed by atoms with Crippen molar-refractivity contribution in [3.63, 3.8) is 0 Å². The van der Waals surface area contributed by atoms with Crippen LogP contribution in [0, 0.1) is 5.82 Å². The summed E-state index contributed by atoms with van der Waals surface area (Å²) in [5.74, 6) is -0.638. The van der Waals surface area contributed by atoms with Gasteiger partial charge in [0.25, 0.3) is 0 Å². The summed E-state index contributed by atoms with van der Waals surface area (Å²) in [6, 6.07) is 0.403. The number of urea groups is 1. The third-order valence-electron chi connectivity index (χ3n) is 6.37. The molecule has 1 spiro atoms. The van der Waals surface area contributed by atoms with Gasteiger partial charge in [-0.15, -0.1) is 15.7 Å². The molecule has 1 saturated carbocycles. The predicted molar refractivity (Wildman–Crippen MR) is 114 cm³/mol. The van der Waals surface area contributed by atoms with Gasteiger partial charge in [0.1, 0.15) is 10.0 Å². The van der Waals surface area contributed by atoms with Gasteiger partial charge in [-0.1, -0.05) is 0 Å². The highest BCUT2D eigenvalue weighted by Crippen LogP contribution is 2.58. The molecule has 0 aromatic carbocycles. The van der Waals surface area contributed by atoms with Crippen molar-refractivity contribution in [2.45, 2.75) is 74.0 Å². The number of carbonyl (C=O) groups excluding carboxylic acids is 1. The second-order valence-electron chi connectivity index (χ2n) is 9.00. The van der Waals surface area contributed by atoms with E-state index in [9.17, 15) is 18.5 Å². The number of rotatable bonds is 3. The quantitative estimate of drug-likeness (QED) is 0.612. The summed E-state index contributed by atoms with van der Waals surface area (Å²) < 4.78 is 30.6. The number of aryl methyl sites for hydroxylation is 1. The molecule has 0 bridgehead atoms. The van der Waals surface area contributed by atoms with Crippen LogP contribution in [0.25, 0.3) is 0 Å². The molecular formula is C21H24FN3O3S2. The van der Waals surface area contributed by atoms with Gasteiger partial charge in [-0.25, -0.2) is 13.4 Å². The fourth-order valence-corrected chi connectivity index (χ4v) is 6.73. The molecule has 1 unspecified atom stereocenters. The van der Waals surface area contributed by atoms with Gasteiger partial charge in [-0.2, -0.15) is 0 Å². The molecule has 6 nitrogen and oxygen atoms in total. The first-order valence-corrected chi connectivity index (χ1v) is 12.3. The van der Waals surface area contributed by atoms with Crippen molar-refractivity contribution in [2.24, 2.45) is 4.36 Å². The van der Waals surface area contributed by atoms with Gasteiger partial charge in [0.15, 0.2) is 0 Å². The van der Waals surface area contributed by atoms with Crippen LogP contribution in [0.15, 0.2) is 14.6 Å². The summed E-state index contributed by atoms with van der Waals surface area (Å²) >= 11 is 0.879. The normalized spacial score (nSPS) is 19.7. The number of carbonyl (C=O) groups is 1. The molecular weight excluding hydrogens is 425 g/mol. The van der Waals surface area contributed by atoms with E-state index in [1.807, 2.05) is 0 Å². The Balaban J connectivity index is 1.45. The number of aromatic nitrogens is 1. The third kappa shape index (κ3) is 3.27. The predicted octanol–water partition coefficient (Wildman–Crippen LogP) is 4.23. The Kier molecular flexibility index (Phi) is 4.57. The van der Waals surface area contributed by atoms with E-state index in [4.69, 9.17) is 4.98 Å². The van der Waals surface area contributed by atoms with Gasteiger partial charge in [0.05, 0.1) is 32.5 Å². The molecule has 2 aromatic rings. The molecule has 3 aliphatic carbocycles. The average Bonchev–Trinajstić information content (AvgIpc) is 3.00. The van der Waals surface area contributed by atoms with Crippen LogP contribution in [0.5, 0.6) is 0 Å². The number of hydrogen-bond acceptors (Lipinski definition) is 5. The monoisotopic (exact) mass is 449 g/mol. The maximum atomic E-state index is 14.1. The van der Waals surface area contributed by atoms with Gasteiger partial charge in [0.2, 0.25) is 0 Å². The van der Waals surface area contributed by atoms with Crippen LogP contribution in [-0.4, -0.2) is 20.3 Å². The number of thiol groups is 1. The third-order valence-corrected chi connectivity index (χ3v) is 9.20. The largest absolute Gasteiger partial charge is 0.385 e. The molecule has 2 heterocycles. The van der Waals surface area contributed by atoms with Crippen molar-refractivity contribution >= 4 is 33.7 Å². The fraction of sp³-hybridized carbons (Fsp3) is 0.524. The van der Waals surface area contributed by atoms with E-state index in [0.29, 0.717) is 0 Å².